The average Bonchev–Trinajstić information content (AvgIpc) is 2.47. The molecule has 1 atom stereocenters. The minimum absolute atomic E-state index is 0.297. The first kappa shape index (κ1) is 13.5. The van der Waals surface area contributed by atoms with E-state index >= 15 is 0 Å². The maximum atomic E-state index is 9.29. The standard InChI is InChI=1S/C17H21NO/c1-3-13-5-7-14(8-6-13)17(4-2)18-15-9-11-16(19)12-10-15/h5-12,17-19H,3-4H2,1-2H3. The van der Waals surface area contributed by atoms with Crippen LogP contribution in [0.4, 0.5) is 5.69 Å². The molecule has 0 heterocycles. The highest BCUT2D eigenvalue weighted by Gasteiger charge is 2.08. The lowest BCUT2D eigenvalue weighted by Crippen LogP contribution is -2.09. The van der Waals surface area contributed by atoms with Crippen molar-refractivity contribution in [1.29, 1.82) is 0 Å². The molecule has 0 fully saturated rings. The van der Waals surface area contributed by atoms with Crippen molar-refractivity contribution in [2.24, 2.45) is 0 Å². The van der Waals surface area contributed by atoms with Gasteiger partial charge in [-0.2, -0.15) is 0 Å². The summed E-state index contributed by atoms with van der Waals surface area (Å²) in [5.41, 5.74) is 3.69. The van der Waals surface area contributed by atoms with Gasteiger partial charge in [-0.1, -0.05) is 38.1 Å². The van der Waals surface area contributed by atoms with Crippen LogP contribution in [0.2, 0.25) is 0 Å². The van der Waals surface area contributed by atoms with Crippen LogP contribution in [0, 0.1) is 0 Å². The third kappa shape index (κ3) is 3.50. The molecule has 0 amide bonds. The van der Waals surface area contributed by atoms with E-state index in [4.69, 9.17) is 0 Å². The van der Waals surface area contributed by atoms with Crippen molar-refractivity contribution in [2.75, 3.05) is 5.32 Å². The summed E-state index contributed by atoms with van der Waals surface area (Å²) in [6.45, 7) is 4.34. The van der Waals surface area contributed by atoms with E-state index in [-0.39, 0.29) is 0 Å². The molecule has 1 unspecified atom stereocenters. The lowest BCUT2D eigenvalue weighted by Gasteiger charge is -2.19. The van der Waals surface area contributed by atoms with E-state index in [0.717, 1.165) is 18.5 Å². The van der Waals surface area contributed by atoms with Crippen molar-refractivity contribution in [3.8, 4) is 5.75 Å². The van der Waals surface area contributed by atoms with Crippen molar-refractivity contribution in [3.63, 3.8) is 0 Å². The highest BCUT2D eigenvalue weighted by Crippen LogP contribution is 2.24. The number of phenolic OH excluding ortho intramolecular Hbond substituents is 1. The summed E-state index contributed by atoms with van der Waals surface area (Å²) in [4.78, 5) is 0. The van der Waals surface area contributed by atoms with E-state index in [1.807, 2.05) is 12.1 Å². The Bertz CT molecular complexity index is 502. The summed E-state index contributed by atoms with van der Waals surface area (Å²) in [6.07, 6.45) is 2.09. The molecule has 2 aromatic carbocycles. The van der Waals surface area contributed by atoms with E-state index in [2.05, 4.69) is 43.4 Å². The molecule has 2 aromatic rings. The highest BCUT2D eigenvalue weighted by atomic mass is 16.3. The number of hydrogen-bond acceptors (Lipinski definition) is 2. The fourth-order valence-corrected chi connectivity index (χ4v) is 2.17. The molecule has 0 aromatic heterocycles. The number of nitrogens with one attached hydrogen (secondary N) is 1. The Morgan fingerprint density at radius 2 is 1.58 bits per heavy atom. The minimum atomic E-state index is 0.297. The van der Waals surface area contributed by atoms with Gasteiger partial charge in [-0.3, -0.25) is 0 Å². The lowest BCUT2D eigenvalue weighted by molar-refractivity contribution is 0.475. The molecule has 0 spiro atoms. The smallest absolute Gasteiger partial charge is 0.115 e. The molecule has 0 saturated heterocycles. The molecular formula is C17H21NO. The van der Waals surface area contributed by atoms with Crippen LogP contribution >= 0.6 is 0 Å². The maximum absolute atomic E-state index is 9.29. The second-order valence-electron chi connectivity index (χ2n) is 4.75. The van der Waals surface area contributed by atoms with Crippen LogP contribution in [0.3, 0.4) is 0 Å². The Balaban J connectivity index is 2.12. The SMILES string of the molecule is CCc1ccc(C(CC)Nc2ccc(O)cc2)cc1. The predicted molar refractivity (Wildman–Crippen MR) is 80.6 cm³/mol. The molecule has 2 nitrogen and oxygen atoms in total. The first-order valence-electron chi connectivity index (χ1n) is 6.87. The molecule has 0 aliphatic rings. The minimum Gasteiger partial charge on any atom is -0.508 e. The molecule has 2 rings (SSSR count). The van der Waals surface area contributed by atoms with Crippen molar-refractivity contribution >= 4 is 5.69 Å². The Morgan fingerprint density at radius 1 is 0.947 bits per heavy atom. The second-order valence-corrected chi connectivity index (χ2v) is 4.75. The summed E-state index contributed by atoms with van der Waals surface area (Å²) in [5.74, 6) is 0.297. The molecule has 100 valence electrons. The molecule has 0 saturated carbocycles. The maximum Gasteiger partial charge on any atom is 0.115 e. The molecule has 0 aliphatic heterocycles. The molecule has 2 heteroatoms. The van der Waals surface area contributed by atoms with Gasteiger partial charge in [0, 0.05) is 5.69 Å². The number of rotatable bonds is 5. The average molecular weight is 255 g/mol. The molecule has 0 aliphatic carbocycles. The van der Waals surface area contributed by atoms with Crippen molar-refractivity contribution in [1.82, 2.24) is 0 Å². The number of aryl methyl sites for hydroxylation is 1. The van der Waals surface area contributed by atoms with Crippen LogP contribution in [-0.4, -0.2) is 5.11 Å². The zero-order valence-corrected chi connectivity index (χ0v) is 11.6. The van der Waals surface area contributed by atoms with Gasteiger partial charge < -0.3 is 10.4 Å². The van der Waals surface area contributed by atoms with Crippen LogP contribution in [0.25, 0.3) is 0 Å². The number of hydrogen-bond donors (Lipinski definition) is 2. The summed E-state index contributed by atoms with van der Waals surface area (Å²) >= 11 is 0. The van der Waals surface area contributed by atoms with E-state index in [0.29, 0.717) is 11.8 Å². The Morgan fingerprint density at radius 3 is 2.11 bits per heavy atom. The monoisotopic (exact) mass is 255 g/mol. The van der Waals surface area contributed by atoms with Gasteiger partial charge in [0.1, 0.15) is 5.75 Å². The van der Waals surface area contributed by atoms with Crippen LogP contribution in [0.1, 0.15) is 37.4 Å². The quantitative estimate of drug-likeness (QED) is 0.770. The third-order valence-corrected chi connectivity index (χ3v) is 3.41. The largest absolute Gasteiger partial charge is 0.508 e. The van der Waals surface area contributed by atoms with Gasteiger partial charge in [-0.15, -0.1) is 0 Å². The van der Waals surface area contributed by atoms with E-state index in [1.165, 1.54) is 11.1 Å². The van der Waals surface area contributed by atoms with Crippen molar-refractivity contribution in [3.05, 3.63) is 59.7 Å². The zero-order chi connectivity index (χ0) is 13.7. The molecule has 2 N–H and O–H groups in total. The van der Waals surface area contributed by atoms with Gasteiger partial charge in [0.15, 0.2) is 0 Å². The normalized spacial score (nSPS) is 12.1. The van der Waals surface area contributed by atoms with Gasteiger partial charge in [-0.05, 0) is 48.2 Å². The fourth-order valence-electron chi connectivity index (χ4n) is 2.17. The third-order valence-electron chi connectivity index (χ3n) is 3.41. The predicted octanol–water partition coefficient (Wildman–Crippen LogP) is 4.52. The van der Waals surface area contributed by atoms with Crippen LogP contribution in [0.5, 0.6) is 5.75 Å². The Labute approximate surface area is 115 Å². The van der Waals surface area contributed by atoms with E-state index in [9.17, 15) is 5.11 Å². The number of aromatic hydroxyl groups is 1. The van der Waals surface area contributed by atoms with E-state index < -0.39 is 0 Å². The van der Waals surface area contributed by atoms with Gasteiger partial charge in [0.2, 0.25) is 0 Å². The molecule has 0 radical (unpaired) electrons. The Kier molecular flexibility index (Phi) is 4.45. The summed E-state index contributed by atoms with van der Waals surface area (Å²) in [7, 11) is 0. The van der Waals surface area contributed by atoms with Gasteiger partial charge in [0.05, 0.1) is 6.04 Å². The molecule has 19 heavy (non-hydrogen) atoms. The number of phenols is 1. The Hall–Kier alpha value is -1.96. The van der Waals surface area contributed by atoms with Gasteiger partial charge in [0.25, 0.3) is 0 Å². The van der Waals surface area contributed by atoms with Crippen LogP contribution < -0.4 is 5.32 Å². The summed E-state index contributed by atoms with van der Waals surface area (Å²) < 4.78 is 0. The van der Waals surface area contributed by atoms with Crippen molar-refractivity contribution in [2.45, 2.75) is 32.7 Å². The second kappa shape index (κ2) is 6.28. The van der Waals surface area contributed by atoms with Gasteiger partial charge in [-0.25, -0.2) is 0 Å². The highest BCUT2D eigenvalue weighted by molar-refractivity contribution is 5.48. The summed E-state index contributed by atoms with van der Waals surface area (Å²) in [6, 6.07) is 16.3. The van der Waals surface area contributed by atoms with Crippen molar-refractivity contribution < 1.29 is 5.11 Å². The fraction of sp³-hybridized carbons (Fsp3) is 0.294. The molecular weight excluding hydrogens is 234 g/mol. The topological polar surface area (TPSA) is 32.3 Å². The first-order valence-corrected chi connectivity index (χ1v) is 6.87. The van der Waals surface area contributed by atoms with Crippen LogP contribution in [0.15, 0.2) is 48.5 Å². The molecule has 0 bridgehead atoms. The number of benzene rings is 2. The first-order chi connectivity index (χ1) is 9.22. The van der Waals surface area contributed by atoms with Crippen LogP contribution in [-0.2, 0) is 6.42 Å². The van der Waals surface area contributed by atoms with Gasteiger partial charge >= 0.3 is 0 Å². The van der Waals surface area contributed by atoms with E-state index in [1.54, 1.807) is 12.1 Å². The lowest BCUT2D eigenvalue weighted by atomic mass is 10.0. The summed E-state index contributed by atoms with van der Waals surface area (Å²) in [5, 5.41) is 12.8. The number of anilines is 1. The zero-order valence-electron chi connectivity index (χ0n) is 11.6.